The highest BCUT2D eigenvalue weighted by atomic mass is 16.5. The first-order chi connectivity index (χ1) is 10.2. The van der Waals surface area contributed by atoms with E-state index in [1.54, 1.807) is 0 Å². The molecule has 0 radical (unpaired) electrons. The fourth-order valence-corrected chi connectivity index (χ4v) is 2.40. The molecular weight excluding hydrogens is 268 g/mol. The summed E-state index contributed by atoms with van der Waals surface area (Å²) in [5, 5.41) is 15.7. The summed E-state index contributed by atoms with van der Waals surface area (Å²) in [5.41, 5.74) is 1.07. The van der Waals surface area contributed by atoms with Crippen molar-refractivity contribution >= 4 is 5.91 Å². The highest BCUT2D eigenvalue weighted by molar-refractivity contribution is 5.77. The Morgan fingerprint density at radius 3 is 2.90 bits per heavy atom. The maximum atomic E-state index is 11.6. The zero-order valence-electron chi connectivity index (χ0n) is 12.3. The van der Waals surface area contributed by atoms with Crippen molar-refractivity contribution in [1.29, 1.82) is 0 Å². The predicted molar refractivity (Wildman–Crippen MR) is 81.0 cm³/mol. The number of rotatable bonds is 8. The molecule has 0 bridgehead atoms. The van der Waals surface area contributed by atoms with Gasteiger partial charge in [0.25, 0.3) is 0 Å². The van der Waals surface area contributed by atoms with Gasteiger partial charge in [0, 0.05) is 26.1 Å². The van der Waals surface area contributed by atoms with Crippen LogP contribution in [0.15, 0.2) is 30.3 Å². The Morgan fingerprint density at radius 1 is 1.38 bits per heavy atom. The van der Waals surface area contributed by atoms with Gasteiger partial charge < -0.3 is 20.5 Å². The van der Waals surface area contributed by atoms with Crippen molar-refractivity contribution < 1.29 is 14.6 Å². The van der Waals surface area contributed by atoms with E-state index < -0.39 is 6.10 Å². The fraction of sp³-hybridized carbons (Fsp3) is 0.562. The summed E-state index contributed by atoms with van der Waals surface area (Å²) >= 11 is 0. The monoisotopic (exact) mass is 292 g/mol. The molecule has 1 heterocycles. The molecule has 5 nitrogen and oxygen atoms in total. The van der Waals surface area contributed by atoms with E-state index in [1.807, 2.05) is 30.3 Å². The molecule has 1 amide bonds. The van der Waals surface area contributed by atoms with Crippen molar-refractivity contribution in [2.24, 2.45) is 0 Å². The second-order valence-electron chi connectivity index (χ2n) is 5.41. The van der Waals surface area contributed by atoms with Gasteiger partial charge in [0.05, 0.1) is 18.8 Å². The number of carbonyl (C=O) groups is 1. The Kier molecular flexibility index (Phi) is 6.66. The number of benzene rings is 1. The van der Waals surface area contributed by atoms with Crippen molar-refractivity contribution in [3.63, 3.8) is 0 Å². The summed E-state index contributed by atoms with van der Waals surface area (Å²) in [5.74, 6) is -0.0971. The minimum Gasteiger partial charge on any atom is -0.391 e. The smallest absolute Gasteiger partial charge is 0.234 e. The van der Waals surface area contributed by atoms with Crippen LogP contribution in [0.1, 0.15) is 18.4 Å². The molecule has 1 aliphatic heterocycles. The van der Waals surface area contributed by atoms with Crippen LogP contribution < -0.4 is 10.6 Å². The molecule has 116 valence electrons. The van der Waals surface area contributed by atoms with Crippen LogP contribution in [0.4, 0.5) is 0 Å². The molecule has 2 rings (SSSR count). The van der Waals surface area contributed by atoms with Crippen LogP contribution in [0.5, 0.6) is 0 Å². The van der Waals surface area contributed by atoms with Crippen LogP contribution >= 0.6 is 0 Å². The first kappa shape index (κ1) is 15.9. The van der Waals surface area contributed by atoms with Gasteiger partial charge in [0.15, 0.2) is 0 Å². The van der Waals surface area contributed by atoms with E-state index in [2.05, 4.69) is 10.6 Å². The van der Waals surface area contributed by atoms with Crippen LogP contribution in [0, 0.1) is 0 Å². The lowest BCUT2D eigenvalue weighted by Crippen LogP contribution is -2.40. The minimum atomic E-state index is -0.561. The molecule has 0 saturated carbocycles. The number of nitrogens with one attached hydrogen (secondary N) is 2. The molecule has 1 aliphatic rings. The molecule has 21 heavy (non-hydrogen) atoms. The average molecular weight is 292 g/mol. The number of hydrogen-bond donors (Lipinski definition) is 3. The lowest BCUT2D eigenvalue weighted by atomic mass is 10.1. The highest BCUT2D eigenvalue weighted by Gasteiger charge is 2.15. The largest absolute Gasteiger partial charge is 0.391 e. The van der Waals surface area contributed by atoms with Crippen molar-refractivity contribution in [1.82, 2.24) is 10.6 Å². The Balaban J connectivity index is 1.55. The zero-order valence-corrected chi connectivity index (χ0v) is 12.3. The number of amides is 1. The van der Waals surface area contributed by atoms with Gasteiger partial charge in [0.1, 0.15) is 0 Å². The molecule has 2 atom stereocenters. The van der Waals surface area contributed by atoms with Crippen molar-refractivity contribution in [3.05, 3.63) is 35.9 Å². The van der Waals surface area contributed by atoms with Gasteiger partial charge in [-0.15, -0.1) is 0 Å². The molecule has 0 spiro atoms. The van der Waals surface area contributed by atoms with Crippen LogP contribution in [0.3, 0.4) is 0 Å². The zero-order chi connectivity index (χ0) is 14.9. The van der Waals surface area contributed by atoms with Gasteiger partial charge in [-0.25, -0.2) is 0 Å². The summed E-state index contributed by atoms with van der Waals surface area (Å²) in [6, 6.07) is 9.76. The van der Waals surface area contributed by atoms with E-state index in [-0.39, 0.29) is 25.1 Å². The Labute approximate surface area is 125 Å². The molecule has 1 saturated heterocycles. The number of aliphatic hydroxyl groups is 1. The minimum absolute atomic E-state index is 0.0971. The summed E-state index contributed by atoms with van der Waals surface area (Å²) < 4.78 is 5.47. The molecular formula is C16H24N2O3. The maximum absolute atomic E-state index is 11.6. The van der Waals surface area contributed by atoms with Gasteiger partial charge in [-0.1, -0.05) is 30.3 Å². The topological polar surface area (TPSA) is 70.6 Å². The van der Waals surface area contributed by atoms with Gasteiger partial charge in [-0.3, -0.25) is 4.79 Å². The standard InChI is InChI=1S/C16H24N2O3/c19-14(9-13-5-2-1-3-6-13)10-18-16(20)12-17-11-15-7-4-8-21-15/h1-3,5-6,14-15,17,19H,4,7-12H2,(H,18,20). The van der Waals surface area contributed by atoms with Gasteiger partial charge in [0.2, 0.25) is 5.91 Å². The molecule has 0 aliphatic carbocycles. The maximum Gasteiger partial charge on any atom is 0.234 e. The van der Waals surface area contributed by atoms with Crippen LogP contribution in [-0.2, 0) is 16.0 Å². The molecule has 1 aromatic rings. The van der Waals surface area contributed by atoms with Crippen molar-refractivity contribution in [2.75, 3.05) is 26.2 Å². The second-order valence-corrected chi connectivity index (χ2v) is 5.41. The number of hydrogen-bond acceptors (Lipinski definition) is 4. The summed E-state index contributed by atoms with van der Waals surface area (Å²) in [4.78, 5) is 11.6. The van der Waals surface area contributed by atoms with Gasteiger partial charge >= 0.3 is 0 Å². The van der Waals surface area contributed by atoms with E-state index in [1.165, 1.54) is 0 Å². The van der Waals surface area contributed by atoms with E-state index in [9.17, 15) is 9.90 Å². The Morgan fingerprint density at radius 2 is 2.19 bits per heavy atom. The number of aliphatic hydroxyl groups excluding tert-OH is 1. The lowest BCUT2D eigenvalue weighted by molar-refractivity contribution is -0.120. The predicted octanol–water partition coefficient (Wildman–Crippen LogP) is 0.475. The van der Waals surface area contributed by atoms with Gasteiger partial charge in [-0.2, -0.15) is 0 Å². The molecule has 0 aromatic heterocycles. The lowest BCUT2D eigenvalue weighted by Gasteiger charge is -2.13. The molecule has 1 fully saturated rings. The Bertz CT molecular complexity index is 419. The van der Waals surface area contributed by atoms with E-state index in [0.29, 0.717) is 13.0 Å². The molecule has 3 N–H and O–H groups in total. The third-order valence-electron chi connectivity index (χ3n) is 3.53. The van der Waals surface area contributed by atoms with E-state index >= 15 is 0 Å². The van der Waals surface area contributed by atoms with Crippen LogP contribution in [0.2, 0.25) is 0 Å². The summed E-state index contributed by atoms with van der Waals surface area (Å²) in [6.07, 6.45) is 2.38. The SMILES string of the molecule is O=C(CNCC1CCCO1)NCC(O)Cc1ccccc1. The van der Waals surface area contributed by atoms with Crippen molar-refractivity contribution in [2.45, 2.75) is 31.5 Å². The number of ether oxygens (including phenoxy) is 1. The average Bonchev–Trinajstić information content (AvgIpc) is 2.99. The quantitative estimate of drug-likeness (QED) is 0.651. The molecule has 2 unspecified atom stereocenters. The Hall–Kier alpha value is -1.43. The van der Waals surface area contributed by atoms with Crippen molar-refractivity contribution in [3.8, 4) is 0 Å². The first-order valence-corrected chi connectivity index (χ1v) is 7.55. The van der Waals surface area contributed by atoms with Crippen LogP contribution in [-0.4, -0.2) is 49.5 Å². The first-order valence-electron chi connectivity index (χ1n) is 7.55. The highest BCUT2D eigenvalue weighted by Crippen LogP contribution is 2.10. The van der Waals surface area contributed by atoms with E-state index in [0.717, 1.165) is 25.0 Å². The third-order valence-corrected chi connectivity index (χ3v) is 3.53. The van der Waals surface area contributed by atoms with Crippen LogP contribution in [0.25, 0.3) is 0 Å². The fourth-order valence-electron chi connectivity index (χ4n) is 2.40. The second kappa shape index (κ2) is 8.77. The summed E-state index contributed by atoms with van der Waals surface area (Å²) in [6.45, 7) is 2.07. The summed E-state index contributed by atoms with van der Waals surface area (Å²) in [7, 11) is 0. The normalized spacial score (nSPS) is 19.4. The number of carbonyl (C=O) groups excluding carboxylic acids is 1. The van der Waals surface area contributed by atoms with Gasteiger partial charge in [-0.05, 0) is 18.4 Å². The molecule has 1 aromatic carbocycles. The van der Waals surface area contributed by atoms with E-state index in [4.69, 9.17) is 4.74 Å². The molecule has 5 heteroatoms. The third kappa shape index (κ3) is 6.25.